The summed E-state index contributed by atoms with van der Waals surface area (Å²) in [6.45, 7) is 0.843. The highest BCUT2D eigenvalue weighted by Crippen LogP contribution is 2.41. The molecule has 1 aromatic carbocycles. The highest BCUT2D eigenvalue weighted by molar-refractivity contribution is 6.30. The van der Waals surface area contributed by atoms with Gasteiger partial charge in [0.2, 0.25) is 5.91 Å². The van der Waals surface area contributed by atoms with E-state index in [1.54, 1.807) is 12.1 Å². The summed E-state index contributed by atoms with van der Waals surface area (Å²) in [5, 5.41) is 21.9. The molecule has 120 valence electrons. The lowest BCUT2D eigenvalue weighted by Gasteiger charge is -2.30. The minimum atomic E-state index is -1.98. The van der Waals surface area contributed by atoms with Gasteiger partial charge in [0.1, 0.15) is 0 Å². The van der Waals surface area contributed by atoms with E-state index in [1.165, 1.54) is 6.92 Å². The molecule has 1 atom stereocenters. The summed E-state index contributed by atoms with van der Waals surface area (Å²) in [5.41, 5.74) is -1.77. The van der Waals surface area contributed by atoms with Gasteiger partial charge in [-0.05, 0) is 37.5 Å². The summed E-state index contributed by atoms with van der Waals surface area (Å²) in [4.78, 5) is 23.6. The zero-order valence-corrected chi connectivity index (χ0v) is 13.2. The number of carbonyl (C=O) groups excluding carboxylic acids is 1. The summed E-state index contributed by atoms with van der Waals surface area (Å²) in [7, 11) is 0. The molecule has 22 heavy (non-hydrogen) atoms. The normalized spacial score (nSPS) is 19.4. The number of nitrogens with one attached hydrogen (secondary N) is 1. The first kappa shape index (κ1) is 16.8. The van der Waals surface area contributed by atoms with Crippen molar-refractivity contribution >= 4 is 23.5 Å². The summed E-state index contributed by atoms with van der Waals surface area (Å²) >= 11 is 5.90. The minimum absolute atomic E-state index is 0.242. The van der Waals surface area contributed by atoms with Crippen LogP contribution >= 0.6 is 11.6 Å². The maximum Gasteiger partial charge on any atom is 0.337 e. The molecular formula is C16H20ClNO4. The van der Waals surface area contributed by atoms with Crippen molar-refractivity contribution in [2.75, 3.05) is 6.54 Å². The van der Waals surface area contributed by atoms with Crippen LogP contribution in [0.4, 0.5) is 0 Å². The van der Waals surface area contributed by atoms with Gasteiger partial charge in [0.15, 0.2) is 5.60 Å². The minimum Gasteiger partial charge on any atom is -0.479 e. The molecule has 0 bridgehead atoms. The number of hydrogen-bond acceptors (Lipinski definition) is 3. The molecule has 2 rings (SSSR count). The Balaban J connectivity index is 2.19. The summed E-state index contributed by atoms with van der Waals surface area (Å²) in [6.07, 6.45) is 3.28. The van der Waals surface area contributed by atoms with Gasteiger partial charge >= 0.3 is 5.97 Å². The van der Waals surface area contributed by atoms with E-state index < -0.39 is 17.0 Å². The van der Waals surface area contributed by atoms with Crippen molar-refractivity contribution in [1.82, 2.24) is 5.32 Å². The first-order valence-corrected chi connectivity index (χ1v) is 7.66. The van der Waals surface area contributed by atoms with E-state index in [-0.39, 0.29) is 12.5 Å². The first-order chi connectivity index (χ1) is 10.3. The quantitative estimate of drug-likeness (QED) is 0.773. The number of hydrogen-bond donors (Lipinski definition) is 3. The second-order valence-corrected chi connectivity index (χ2v) is 6.49. The molecule has 0 aromatic heterocycles. The van der Waals surface area contributed by atoms with Crippen molar-refractivity contribution in [3.63, 3.8) is 0 Å². The van der Waals surface area contributed by atoms with Crippen LogP contribution in [0.25, 0.3) is 0 Å². The molecule has 1 fully saturated rings. The maximum atomic E-state index is 12.7. The smallest absolute Gasteiger partial charge is 0.337 e. The van der Waals surface area contributed by atoms with Crippen LogP contribution in [0, 0.1) is 0 Å². The molecule has 5 nitrogen and oxygen atoms in total. The molecule has 1 saturated carbocycles. The lowest BCUT2D eigenvalue weighted by atomic mass is 9.78. The highest BCUT2D eigenvalue weighted by Gasteiger charge is 2.43. The lowest BCUT2D eigenvalue weighted by molar-refractivity contribution is -0.156. The van der Waals surface area contributed by atoms with Crippen molar-refractivity contribution in [3.8, 4) is 0 Å². The Hall–Kier alpha value is -1.59. The Bertz CT molecular complexity index is 562. The van der Waals surface area contributed by atoms with Crippen LogP contribution in [-0.4, -0.2) is 34.2 Å². The monoisotopic (exact) mass is 325 g/mol. The van der Waals surface area contributed by atoms with Gasteiger partial charge in [-0.15, -0.1) is 0 Å². The van der Waals surface area contributed by atoms with Gasteiger partial charge in [-0.3, -0.25) is 4.79 Å². The molecule has 0 saturated heterocycles. The lowest BCUT2D eigenvalue weighted by Crippen LogP contribution is -2.51. The van der Waals surface area contributed by atoms with E-state index in [2.05, 4.69) is 5.32 Å². The fourth-order valence-corrected chi connectivity index (χ4v) is 3.02. The summed E-state index contributed by atoms with van der Waals surface area (Å²) in [6, 6.07) is 7.17. The number of carboxylic acid groups (broad SMARTS) is 1. The standard InChI is InChI=1S/C16H20ClNO4/c1-15(22,14(20)21)10-18-13(19)16(8-2-3-9-16)11-4-6-12(17)7-5-11/h4-7,22H,2-3,8-10H2,1H3,(H,18,19)(H,20,21). The zero-order valence-electron chi connectivity index (χ0n) is 12.4. The van der Waals surface area contributed by atoms with Crippen LogP contribution < -0.4 is 5.32 Å². The number of aliphatic hydroxyl groups is 1. The number of benzene rings is 1. The van der Waals surface area contributed by atoms with E-state index in [1.807, 2.05) is 12.1 Å². The molecule has 1 unspecified atom stereocenters. The maximum absolute atomic E-state index is 12.7. The van der Waals surface area contributed by atoms with E-state index in [0.717, 1.165) is 18.4 Å². The fraction of sp³-hybridized carbons (Fsp3) is 0.500. The Morgan fingerprint density at radius 3 is 2.32 bits per heavy atom. The number of amides is 1. The van der Waals surface area contributed by atoms with Crippen LogP contribution in [-0.2, 0) is 15.0 Å². The van der Waals surface area contributed by atoms with Crippen molar-refractivity contribution in [3.05, 3.63) is 34.9 Å². The van der Waals surface area contributed by atoms with Crippen LogP contribution in [0.3, 0.4) is 0 Å². The van der Waals surface area contributed by atoms with Crippen LogP contribution in [0.5, 0.6) is 0 Å². The average Bonchev–Trinajstić information content (AvgIpc) is 2.96. The van der Waals surface area contributed by atoms with Crippen molar-refractivity contribution in [2.45, 2.75) is 43.6 Å². The highest BCUT2D eigenvalue weighted by atomic mass is 35.5. The van der Waals surface area contributed by atoms with E-state index in [9.17, 15) is 14.7 Å². The molecule has 0 spiro atoms. The number of carbonyl (C=O) groups is 2. The topological polar surface area (TPSA) is 86.6 Å². The van der Waals surface area contributed by atoms with Crippen LogP contribution in [0.15, 0.2) is 24.3 Å². The van der Waals surface area contributed by atoms with Gasteiger partial charge in [0, 0.05) is 5.02 Å². The van der Waals surface area contributed by atoms with Gasteiger partial charge in [-0.2, -0.15) is 0 Å². The molecule has 0 radical (unpaired) electrons. The summed E-state index contributed by atoms with van der Waals surface area (Å²) in [5.74, 6) is -1.60. The van der Waals surface area contributed by atoms with E-state index in [0.29, 0.717) is 17.9 Å². The zero-order chi connectivity index (χ0) is 16.4. The van der Waals surface area contributed by atoms with Gasteiger partial charge in [0.05, 0.1) is 12.0 Å². The van der Waals surface area contributed by atoms with Crippen molar-refractivity contribution < 1.29 is 19.8 Å². The molecule has 0 aliphatic heterocycles. The molecule has 1 aromatic rings. The second-order valence-electron chi connectivity index (χ2n) is 6.06. The number of rotatable bonds is 5. The number of halogens is 1. The number of carboxylic acids is 1. The Labute approximate surface area is 134 Å². The number of aliphatic carboxylic acids is 1. The predicted molar refractivity (Wildman–Crippen MR) is 82.9 cm³/mol. The first-order valence-electron chi connectivity index (χ1n) is 7.28. The third-order valence-electron chi connectivity index (χ3n) is 4.34. The van der Waals surface area contributed by atoms with Crippen molar-refractivity contribution in [2.24, 2.45) is 0 Å². The molecule has 3 N–H and O–H groups in total. The van der Waals surface area contributed by atoms with Crippen LogP contribution in [0.1, 0.15) is 38.2 Å². The third-order valence-corrected chi connectivity index (χ3v) is 4.59. The SMILES string of the molecule is CC(O)(CNC(=O)C1(c2ccc(Cl)cc2)CCCC1)C(=O)O. The average molecular weight is 326 g/mol. The third kappa shape index (κ3) is 3.25. The Kier molecular flexibility index (Phi) is 4.78. The Morgan fingerprint density at radius 1 is 1.27 bits per heavy atom. The van der Waals surface area contributed by atoms with Crippen LogP contribution in [0.2, 0.25) is 5.02 Å². The molecular weight excluding hydrogens is 306 g/mol. The second kappa shape index (κ2) is 6.26. The molecule has 0 heterocycles. The Morgan fingerprint density at radius 2 is 1.82 bits per heavy atom. The fourth-order valence-electron chi connectivity index (χ4n) is 2.89. The van der Waals surface area contributed by atoms with E-state index in [4.69, 9.17) is 16.7 Å². The molecule has 1 aliphatic rings. The predicted octanol–water partition coefficient (Wildman–Crippen LogP) is 2.10. The molecule has 6 heteroatoms. The van der Waals surface area contributed by atoms with Gasteiger partial charge in [-0.25, -0.2) is 4.79 Å². The molecule has 1 amide bonds. The van der Waals surface area contributed by atoms with E-state index >= 15 is 0 Å². The van der Waals surface area contributed by atoms with Gasteiger partial charge in [0.25, 0.3) is 0 Å². The van der Waals surface area contributed by atoms with Gasteiger partial charge in [-0.1, -0.05) is 36.6 Å². The summed E-state index contributed by atoms with van der Waals surface area (Å²) < 4.78 is 0. The van der Waals surface area contributed by atoms with Crippen molar-refractivity contribution in [1.29, 1.82) is 0 Å². The van der Waals surface area contributed by atoms with Gasteiger partial charge < -0.3 is 15.5 Å². The largest absolute Gasteiger partial charge is 0.479 e. The molecule has 1 aliphatic carbocycles.